The van der Waals surface area contributed by atoms with Crippen molar-refractivity contribution in [1.82, 2.24) is 29.9 Å². The summed E-state index contributed by atoms with van der Waals surface area (Å²) < 4.78 is 6.31. The smallest absolute Gasteiger partial charge is 0.229 e. The first-order chi connectivity index (χ1) is 26.2. The molecular formula is C46H28N6O. The zero-order chi connectivity index (χ0) is 35.1. The number of aromatic nitrogens is 6. The fraction of sp³-hybridized carbons (Fsp3) is 0. The highest BCUT2D eigenvalue weighted by molar-refractivity contribution is 6.06. The Labute approximate surface area is 304 Å². The van der Waals surface area contributed by atoms with Crippen molar-refractivity contribution in [1.29, 1.82) is 0 Å². The molecule has 0 unspecified atom stereocenters. The molecule has 53 heavy (non-hydrogen) atoms. The first-order valence-corrected chi connectivity index (χ1v) is 17.3. The molecule has 7 heteroatoms. The van der Waals surface area contributed by atoms with Crippen LogP contribution in [0, 0.1) is 0 Å². The molecule has 0 bridgehead atoms. The van der Waals surface area contributed by atoms with Crippen LogP contribution in [0.5, 0.6) is 0 Å². The van der Waals surface area contributed by atoms with Gasteiger partial charge in [0.2, 0.25) is 5.71 Å². The van der Waals surface area contributed by atoms with Gasteiger partial charge in [0.15, 0.2) is 23.1 Å². The van der Waals surface area contributed by atoms with Crippen LogP contribution in [-0.4, -0.2) is 29.9 Å². The van der Waals surface area contributed by atoms with E-state index in [4.69, 9.17) is 24.4 Å². The molecule has 0 N–H and O–H groups in total. The number of hydrogen-bond donors (Lipinski definition) is 0. The Bertz CT molecular complexity index is 2930. The Balaban J connectivity index is 1.01. The first-order valence-electron chi connectivity index (χ1n) is 17.3. The van der Waals surface area contributed by atoms with Gasteiger partial charge in [-0.1, -0.05) is 146 Å². The van der Waals surface area contributed by atoms with Crippen molar-refractivity contribution in [3.8, 4) is 67.7 Å². The third kappa shape index (κ3) is 5.66. The lowest BCUT2D eigenvalue weighted by Crippen LogP contribution is -2.00. The topological polar surface area (TPSA) is 90.5 Å². The van der Waals surface area contributed by atoms with Crippen LogP contribution in [0.3, 0.4) is 0 Å². The van der Waals surface area contributed by atoms with E-state index in [-0.39, 0.29) is 0 Å². The maximum Gasteiger partial charge on any atom is 0.229 e. The molecule has 0 radical (unpaired) electrons. The molecule has 0 spiro atoms. The average Bonchev–Trinajstić information content (AvgIpc) is 3.62. The summed E-state index contributed by atoms with van der Waals surface area (Å²) in [4.78, 5) is 28.8. The van der Waals surface area contributed by atoms with E-state index < -0.39 is 0 Å². The van der Waals surface area contributed by atoms with Gasteiger partial charge in [0, 0.05) is 34.0 Å². The van der Waals surface area contributed by atoms with Crippen LogP contribution in [0.25, 0.3) is 101 Å². The molecule has 10 aromatic rings. The van der Waals surface area contributed by atoms with Crippen LogP contribution in [-0.2, 0) is 0 Å². The highest BCUT2D eigenvalue weighted by Crippen LogP contribution is 2.36. The van der Waals surface area contributed by atoms with E-state index in [0.717, 1.165) is 55.4 Å². The standard InChI is InChI=1S/C46H28N6O/c1-3-9-29(10-4-1)31-15-20-34(21-16-31)44-50-43(33-12-5-2-6-13-33)51-45(52-44)35-22-18-32(19-23-35)40-42-41(49-28-48-40)39-26-38(27-47-46(39)53-42)37-24-17-30-11-7-8-14-36(30)25-37/h1-28H. The van der Waals surface area contributed by atoms with Gasteiger partial charge in [0.25, 0.3) is 0 Å². The highest BCUT2D eigenvalue weighted by Gasteiger charge is 2.18. The number of nitrogens with zero attached hydrogens (tertiary/aromatic N) is 6. The lowest BCUT2D eigenvalue weighted by Gasteiger charge is -2.09. The van der Waals surface area contributed by atoms with Crippen molar-refractivity contribution in [2.45, 2.75) is 0 Å². The van der Waals surface area contributed by atoms with Gasteiger partial charge in [-0.25, -0.2) is 29.9 Å². The maximum atomic E-state index is 6.31. The minimum Gasteiger partial charge on any atom is -0.434 e. The SMILES string of the molecule is c1ccc(-c2ccc(-c3nc(-c4ccccc4)nc(-c4ccc(-c5ncnc6c5oc5ncc(-c7ccc8ccccc8c7)cc56)cc4)n3)cc2)cc1. The van der Waals surface area contributed by atoms with Gasteiger partial charge in [-0.15, -0.1) is 0 Å². The van der Waals surface area contributed by atoms with Gasteiger partial charge in [0.05, 0.1) is 5.39 Å². The molecule has 0 aliphatic carbocycles. The van der Waals surface area contributed by atoms with Crippen LogP contribution in [0.4, 0.5) is 0 Å². The number of benzene rings is 6. The molecule has 0 aliphatic heterocycles. The predicted molar refractivity (Wildman–Crippen MR) is 211 cm³/mol. The molecule has 0 aliphatic rings. The summed E-state index contributed by atoms with van der Waals surface area (Å²) in [5.74, 6) is 1.79. The molecule has 10 rings (SSSR count). The van der Waals surface area contributed by atoms with Crippen LogP contribution in [0.1, 0.15) is 0 Å². The summed E-state index contributed by atoms with van der Waals surface area (Å²) in [6.07, 6.45) is 3.43. The molecule has 4 heterocycles. The molecule has 0 saturated heterocycles. The van der Waals surface area contributed by atoms with Crippen molar-refractivity contribution in [2.24, 2.45) is 0 Å². The second-order valence-corrected chi connectivity index (χ2v) is 12.8. The lowest BCUT2D eigenvalue weighted by atomic mass is 10.0. The zero-order valence-electron chi connectivity index (χ0n) is 28.3. The summed E-state index contributed by atoms with van der Waals surface area (Å²) in [6, 6.07) is 53.6. The molecule has 0 amide bonds. The first kappa shape index (κ1) is 30.4. The fourth-order valence-electron chi connectivity index (χ4n) is 6.76. The van der Waals surface area contributed by atoms with E-state index in [1.807, 2.05) is 79.0 Å². The number of hydrogen-bond acceptors (Lipinski definition) is 7. The van der Waals surface area contributed by atoms with E-state index >= 15 is 0 Å². The van der Waals surface area contributed by atoms with Gasteiger partial charge >= 0.3 is 0 Å². The zero-order valence-corrected chi connectivity index (χ0v) is 28.3. The van der Waals surface area contributed by atoms with Crippen molar-refractivity contribution >= 4 is 33.0 Å². The minimum atomic E-state index is 0.519. The maximum absolute atomic E-state index is 6.31. The number of fused-ring (bicyclic) bond motifs is 4. The van der Waals surface area contributed by atoms with Crippen molar-refractivity contribution in [2.75, 3.05) is 0 Å². The number of pyridine rings is 1. The van der Waals surface area contributed by atoms with Crippen molar-refractivity contribution in [3.05, 3.63) is 170 Å². The summed E-state index contributed by atoms with van der Waals surface area (Å²) in [5, 5.41) is 3.22. The van der Waals surface area contributed by atoms with E-state index in [1.165, 1.54) is 10.8 Å². The third-order valence-corrected chi connectivity index (χ3v) is 9.53. The van der Waals surface area contributed by atoms with E-state index in [1.54, 1.807) is 6.33 Å². The molecule has 0 fully saturated rings. The Hall–Kier alpha value is -7.38. The van der Waals surface area contributed by atoms with Gasteiger partial charge < -0.3 is 4.42 Å². The van der Waals surface area contributed by atoms with Crippen LogP contribution in [0.2, 0.25) is 0 Å². The van der Waals surface area contributed by atoms with E-state index in [0.29, 0.717) is 34.5 Å². The number of furan rings is 1. The molecule has 0 atom stereocenters. The van der Waals surface area contributed by atoms with Gasteiger partial charge in [0.1, 0.15) is 17.5 Å². The minimum absolute atomic E-state index is 0.519. The second-order valence-electron chi connectivity index (χ2n) is 12.8. The highest BCUT2D eigenvalue weighted by atomic mass is 16.3. The van der Waals surface area contributed by atoms with Crippen molar-refractivity contribution in [3.63, 3.8) is 0 Å². The molecule has 4 aromatic heterocycles. The quantitative estimate of drug-likeness (QED) is 0.173. The summed E-state index contributed by atoms with van der Waals surface area (Å²) in [6.45, 7) is 0. The summed E-state index contributed by atoms with van der Waals surface area (Å²) >= 11 is 0. The van der Waals surface area contributed by atoms with Crippen molar-refractivity contribution < 1.29 is 4.42 Å². The molecule has 6 aromatic carbocycles. The van der Waals surface area contributed by atoms with Gasteiger partial charge in [-0.05, 0) is 39.6 Å². The van der Waals surface area contributed by atoms with Gasteiger partial charge in [-0.2, -0.15) is 0 Å². The Morgan fingerprint density at radius 3 is 1.58 bits per heavy atom. The summed E-state index contributed by atoms with van der Waals surface area (Å²) in [5.41, 5.74) is 10.4. The lowest BCUT2D eigenvalue weighted by molar-refractivity contribution is 0.652. The fourth-order valence-corrected chi connectivity index (χ4v) is 6.76. The summed E-state index contributed by atoms with van der Waals surface area (Å²) in [7, 11) is 0. The third-order valence-electron chi connectivity index (χ3n) is 9.53. The molecule has 0 saturated carbocycles. The second kappa shape index (κ2) is 12.7. The Morgan fingerprint density at radius 2 is 0.906 bits per heavy atom. The van der Waals surface area contributed by atoms with Crippen LogP contribution >= 0.6 is 0 Å². The van der Waals surface area contributed by atoms with Crippen LogP contribution < -0.4 is 0 Å². The Morgan fingerprint density at radius 1 is 0.377 bits per heavy atom. The Kier molecular flexibility index (Phi) is 7.32. The monoisotopic (exact) mass is 680 g/mol. The molecule has 7 nitrogen and oxygen atoms in total. The van der Waals surface area contributed by atoms with E-state index in [9.17, 15) is 0 Å². The largest absolute Gasteiger partial charge is 0.434 e. The van der Waals surface area contributed by atoms with E-state index in [2.05, 4.69) is 94.9 Å². The molecular weight excluding hydrogens is 653 g/mol. The predicted octanol–water partition coefficient (Wildman–Crippen LogP) is 11.1. The van der Waals surface area contributed by atoms with Crippen LogP contribution in [0.15, 0.2) is 175 Å². The number of rotatable bonds is 6. The van der Waals surface area contributed by atoms with Gasteiger partial charge in [-0.3, -0.25) is 0 Å². The molecule has 248 valence electrons. The average molecular weight is 681 g/mol. The normalized spacial score (nSPS) is 11.4.